The third-order valence-corrected chi connectivity index (χ3v) is 7.70. The maximum atomic E-state index is 13.4. The van der Waals surface area contributed by atoms with Gasteiger partial charge in [-0.2, -0.15) is 0 Å². The largest absolute Gasteiger partial charge is 0.443 e. The van der Waals surface area contributed by atoms with Crippen molar-refractivity contribution in [1.82, 2.24) is 19.4 Å². The standard InChI is InChI=1S/C28H28Cl2N4O4S/c1-32(2)24(16-19-6-4-3-5-7-19)26(36)38-18-33-27(31-25(35)21-10-14-23(30)15-11-21)39-34(28(33)37)17-20-8-12-22(29)13-9-20/h3-15,24,27H,16-18H2,1-2H3,(H,31,35). The second-order valence-corrected chi connectivity index (χ2v) is 11.1. The molecule has 0 aromatic heterocycles. The van der Waals surface area contributed by atoms with Crippen molar-refractivity contribution in [3.05, 3.63) is 106 Å². The van der Waals surface area contributed by atoms with Crippen LogP contribution in [0, 0.1) is 0 Å². The molecule has 2 unspecified atom stereocenters. The predicted molar refractivity (Wildman–Crippen MR) is 153 cm³/mol. The summed E-state index contributed by atoms with van der Waals surface area (Å²) in [7, 11) is 3.60. The molecule has 1 aliphatic heterocycles. The molecule has 1 saturated heterocycles. The van der Waals surface area contributed by atoms with Gasteiger partial charge in [0, 0.05) is 27.6 Å². The topological polar surface area (TPSA) is 82.2 Å². The van der Waals surface area contributed by atoms with Crippen LogP contribution in [0.1, 0.15) is 21.5 Å². The number of benzene rings is 3. The number of hydrogen-bond acceptors (Lipinski definition) is 6. The maximum absolute atomic E-state index is 13.4. The summed E-state index contributed by atoms with van der Waals surface area (Å²) in [6.45, 7) is -0.0563. The van der Waals surface area contributed by atoms with E-state index in [2.05, 4.69) is 5.32 Å². The molecule has 3 amide bonds. The molecule has 1 aliphatic rings. The quantitative estimate of drug-likeness (QED) is 0.257. The van der Waals surface area contributed by atoms with E-state index in [0.717, 1.165) is 23.1 Å². The van der Waals surface area contributed by atoms with Crippen molar-refractivity contribution in [2.75, 3.05) is 20.8 Å². The van der Waals surface area contributed by atoms with Crippen LogP contribution in [-0.2, 0) is 22.5 Å². The number of likely N-dealkylation sites (N-methyl/N-ethyl adjacent to an activating group) is 1. The van der Waals surface area contributed by atoms with Gasteiger partial charge in [0.25, 0.3) is 5.91 Å². The Labute approximate surface area is 241 Å². The van der Waals surface area contributed by atoms with Gasteiger partial charge in [0.05, 0.1) is 6.54 Å². The molecule has 1 fully saturated rings. The molecule has 1 heterocycles. The van der Waals surface area contributed by atoms with Crippen molar-refractivity contribution in [2.45, 2.75) is 24.5 Å². The van der Waals surface area contributed by atoms with E-state index in [-0.39, 0.29) is 13.3 Å². The Morgan fingerprint density at radius 3 is 2.18 bits per heavy atom. The van der Waals surface area contributed by atoms with Gasteiger partial charge in [-0.05, 0) is 68.0 Å². The Morgan fingerprint density at radius 2 is 1.56 bits per heavy atom. The smallest absolute Gasteiger partial charge is 0.335 e. The number of carbonyl (C=O) groups is 3. The van der Waals surface area contributed by atoms with Gasteiger partial charge in [-0.1, -0.05) is 65.7 Å². The first-order valence-electron chi connectivity index (χ1n) is 12.1. The number of hydrogen-bond donors (Lipinski definition) is 1. The molecule has 11 heteroatoms. The Bertz CT molecular complexity index is 1290. The third-order valence-electron chi connectivity index (χ3n) is 6.08. The monoisotopic (exact) mass is 586 g/mol. The van der Waals surface area contributed by atoms with Crippen molar-refractivity contribution >= 4 is 53.1 Å². The number of rotatable bonds is 10. The van der Waals surface area contributed by atoms with E-state index in [4.69, 9.17) is 27.9 Å². The number of urea groups is 1. The van der Waals surface area contributed by atoms with Gasteiger partial charge in [-0.25, -0.2) is 4.79 Å². The zero-order valence-corrected chi connectivity index (χ0v) is 23.7. The third kappa shape index (κ3) is 7.67. The van der Waals surface area contributed by atoms with Crippen LogP contribution in [0.4, 0.5) is 4.79 Å². The fourth-order valence-corrected chi connectivity index (χ4v) is 5.23. The number of nitrogens with one attached hydrogen (secondary N) is 1. The van der Waals surface area contributed by atoms with Crippen LogP contribution in [-0.4, -0.2) is 64.4 Å². The number of carbonyl (C=O) groups excluding carboxylic acids is 3. The minimum absolute atomic E-state index is 0.271. The predicted octanol–water partition coefficient (Wildman–Crippen LogP) is 5.27. The van der Waals surface area contributed by atoms with Crippen molar-refractivity contribution in [2.24, 2.45) is 0 Å². The van der Waals surface area contributed by atoms with E-state index in [1.165, 1.54) is 9.21 Å². The van der Waals surface area contributed by atoms with Crippen LogP contribution in [0.5, 0.6) is 0 Å². The van der Waals surface area contributed by atoms with E-state index in [1.807, 2.05) is 42.5 Å². The Morgan fingerprint density at radius 1 is 0.949 bits per heavy atom. The summed E-state index contributed by atoms with van der Waals surface area (Å²) in [6.07, 6.45) is 0.453. The SMILES string of the molecule is CN(C)C(Cc1ccccc1)C(=O)OCN1C(=O)N(Cc2ccc(Cl)cc2)SC1NC(=O)c1ccc(Cl)cc1. The maximum Gasteiger partial charge on any atom is 0.335 e. The van der Waals surface area contributed by atoms with Crippen LogP contribution in [0.15, 0.2) is 78.9 Å². The first-order chi connectivity index (χ1) is 18.7. The summed E-state index contributed by atoms with van der Waals surface area (Å²) in [4.78, 5) is 42.5. The van der Waals surface area contributed by atoms with Gasteiger partial charge < -0.3 is 10.1 Å². The lowest BCUT2D eigenvalue weighted by Gasteiger charge is -2.26. The van der Waals surface area contributed by atoms with E-state index in [1.54, 1.807) is 55.4 Å². The van der Waals surface area contributed by atoms with Gasteiger partial charge in [0.1, 0.15) is 6.04 Å². The summed E-state index contributed by atoms with van der Waals surface area (Å²) in [6, 6.07) is 22.3. The number of halogens is 2. The van der Waals surface area contributed by atoms with Crippen LogP contribution in [0.25, 0.3) is 0 Å². The minimum Gasteiger partial charge on any atom is -0.443 e. The van der Waals surface area contributed by atoms with Crippen LogP contribution < -0.4 is 5.32 Å². The van der Waals surface area contributed by atoms with E-state index in [9.17, 15) is 14.4 Å². The summed E-state index contributed by atoms with van der Waals surface area (Å²) in [5.74, 6) is -0.863. The van der Waals surface area contributed by atoms with Gasteiger partial charge in [-0.15, -0.1) is 0 Å². The summed E-state index contributed by atoms with van der Waals surface area (Å²) in [5.41, 5.74) is 1.43. The lowest BCUT2D eigenvalue weighted by Crippen LogP contribution is -2.47. The molecule has 8 nitrogen and oxygen atoms in total. The number of esters is 1. The zero-order chi connectivity index (χ0) is 27.9. The molecule has 0 aliphatic carbocycles. The molecule has 0 radical (unpaired) electrons. The lowest BCUT2D eigenvalue weighted by molar-refractivity contribution is -0.152. The Balaban J connectivity index is 1.48. The first-order valence-corrected chi connectivity index (χ1v) is 13.7. The molecular formula is C28H28Cl2N4O4S. The fourth-order valence-electron chi connectivity index (χ4n) is 3.89. The van der Waals surface area contributed by atoms with Crippen LogP contribution in [0.3, 0.4) is 0 Å². The van der Waals surface area contributed by atoms with Crippen LogP contribution >= 0.6 is 35.1 Å². The van der Waals surface area contributed by atoms with Gasteiger partial charge in [-0.3, -0.25) is 23.7 Å². The van der Waals surface area contributed by atoms with Gasteiger partial charge in [0.15, 0.2) is 12.2 Å². The second kappa shape index (κ2) is 13.2. The van der Waals surface area contributed by atoms with Crippen molar-refractivity contribution < 1.29 is 19.1 Å². The molecule has 0 saturated carbocycles. The van der Waals surface area contributed by atoms with Gasteiger partial charge >= 0.3 is 12.0 Å². The highest BCUT2D eigenvalue weighted by Gasteiger charge is 2.40. The summed E-state index contributed by atoms with van der Waals surface area (Å²) in [5, 5.41) is 3.95. The number of ether oxygens (including phenoxy) is 1. The highest BCUT2D eigenvalue weighted by Crippen LogP contribution is 2.32. The molecule has 3 aromatic rings. The minimum atomic E-state index is -0.798. The van der Waals surface area contributed by atoms with Gasteiger partial charge in [0.2, 0.25) is 0 Å². The van der Waals surface area contributed by atoms with Crippen molar-refractivity contribution in [3.8, 4) is 0 Å². The highest BCUT2D eigenvalue weighted by molar-refractivity contribution is 7.98. The second-order valence-electron chi connectivity index (χ2n) is 9.12. The summed E-state index contributed by atoms with van der Waals surface area (Å²) >= 11 is 13.1. The lowest BCUT2D eigenvalue weighted by atomic mass is 10.1. The van der Waals surface area contributed by atoms with Crippen molar-refractivity contribution in [3.63, 3.8) is 0 Å². The molecule has 1 N–H and O–H groups in total. The molecule has 0 spiro atoms. The fraction of sp³-hybridized carbons (Fsp3) is 0.250. The molecule has 2 atom stereocenters. The molecule has 3 aromatic carbocycles. The highest BCUT2D eigenvalue weighted by atomic mass is 35.5. The van der Waals surface area contributed by atoms with E-state index < -0.39 is 29.4 Å². The zero-order valence-electron chi connectivity index (χ0n) is 21.4. The molecule has 39 heavy (non-hydrogen) atoms. The number of amides is 3. The van der Waals surface area contributed by atoms with Crippen molar-refractivity contribution in [1.29, 1.82) is 0 Å². The first kappa shape index (κ1) is 28.8. The molecule has 0 bridgehead atoms. The average Bonchev–Trinajstić information content (AvgIpc) is 3.21. The number of nitrogens with zero attached hydrogens (tertiary/aromatic N) is 3. The Kier molecular flexibility index (Phi) is 9.74. The Hall–Kier alpha value is -3.24. The summed E-state index contributed by atoms with van der Waals surface area (Å²) < 4.78 is 7.15. The molecule has 4 rings (SSSR count). The van der Waals surface area contributed by atoms with E-state index >= 15 is 0 Å². The van der Waals surface area contributed by atoms with Crippen LogP contribution in [0.2, 0.25) is 10.0 Å². The average molecular weight is 588 g/mol. The van der Waals surface area contributed by atoms with E-state index in [0.29, 0.717) is 22.0 Å². The molecule has 204 valence electrons. The molecular weight excluding hydrogens is 559 g/mol. The normalized spacial score (nSPS) is 15.9.